The summed E-state index contributed by atoms with van der Waals surface area (Å²) in [5.74, 6) is 1.18. The molecule has 0 N–H and O–H groups in total. The Morgan fingerprint density at radius 3 is 2.65 bits per heavy atom. The molecule has 1 aromatic carbocycles. The number of esters is 1. The summed E-state index contributed by atoms with van der Waals surface area (Å²) in [7, 11) is 0. The van der Waals surface area contributed by atoms with Gasteiger partial charge in [-0.15, -0.1) is 11.3 Å². The number of nitrogens with zero attached hydrogens (tertiary/aromatic N) is 1. The van der Waals surface area contributed by atoms with Crippen molar-refractivity contribution in [3.05, 3.63) is 76.3 Å². The normalized spacial score (nSPS) is 15.7. The zero-order valence-corrected chi connectivity index (χ0v) is 12.7. The summed E-state index contributed by atoms with van der Waals surface area (Å²) in [5.41, 5.74) is 1.22. The quantitative estimate of drug-likeness (QED) is 0.532. The predicted octanol–water partition coefficient (Wildman–Crippen LogP) is 4.35. The molecule has 0 bridgehead atoms. The van der Waals surface area contributed by atoms with Gasteiger partial charge in [-0.3, -0.25) is 0 Å². The minimum absolute atomic E-state index is 0.238. The summed E-state index contributed by atoms with van der Waals surface area (Å²) in [6.07, 6.45) is 1.59. The molecule has 0 saturated carbocycles. The fourth-order valence-corrected chi connectivity index (χ4v) is 2.89. The Balaban J connectivity index is 1.63. The third kappa shape index (κ3) is 2.74. The van der Waals surface area contributed by atoms with Crippen LogP contribution >= 0.6 is 11.3 Å². The van der Waals surface area contributed by atoms with E-state index in [0.29, 0.717) is 11.7 Å². The molecule has 0 atom stereocenters. The van der Waals surface area contributed by atoms with E-state index >= 15 is 0 Å². The van der Waals surface area contributed by atoms with Gasteiger partial charge in [0.25, 0.3) is 0 Å². The van der Waals surface area contributed by atoms with E-state index in [1.165, 1.54) is 11.3 Å². The largest absolute Gasteiger partial charge is 0.457 e. The van der Waals surface area contributed by atoms with Gasteiger partial charge in [-0.05, 0) is 23.6 Å². The fourth-order valence-electron chi connectivity index (χ4n) is 2.24. The first-order chi connectivity index (χ1) is 11.3. The Labute approximate surface area is 136 Å². The number of thiophene rings is 1. The first-order valence-electron chi connectivity index (χ1n) is 7.01. The molecule has 23 heavy (non-hydrogen) atoms. The third-order valence-electron chi connectivity index (χ3n) is 3.32. The van der Waals surface area contributed by atoms with Gasteiger partial charge < -0.3 is 9.15 Å². The highest BCUT2D eigenvalue weighted by Crippen LogP contribution is 2.25. The van der Waals surface area contributed by atoms with Gasteiger partial charge >= 0.3 is 5.97 Å². The van der Waals surface area contributed by atoms with E-state index < -0.39 is 5.97 Å². The van der Waals surface area contributed by atoms with Crippen LogP contribution in [0.25, 0.3) is 17.4 Å². The Bertz CT molecular complexity index is 905. The van der Waals surface area contributed by atoms with Crippen LogP contribution in [0.1, 0.15) is 10.6 Å². The second-order valence-electron chi connectivity index (χ2n) is 4.88. The minimum Gasteiger partial charge on any atom is -0.457 e. The molecule has 4 rings (SSSR count). The number of aliphatic imine (C=N–C) groups is 1. The molecule has 0 unspecified atom stereocenters. The van der Waals surface area contributed by atoms with Crippen molar-refractivity contribution in [2.45, 2.75) is 0 Å². The van der Waals surface area contributed by atoms with Crippen LogP contribution in [-0.4, -0.2) is 11.9 Å². The Morgan fingerprint density at radius 2 is 1.87 bits per heavy atom. The molecule has 0 amide bonds. The zero-order chi connectivity index (χ0) is 15.6. The molecule has 0 aliphatic carbocycles. The summed E-state index contributed by atoms with van der Waals surface area (Å²) in [6, 6.07) is 17.2. The van der Waals surface area contributed by atoms with E-state index in [-0.39, 0.29) is 5.70 Å². The number of carbonyl (C=O) groups excluding carboxylic acids is 1. The van der Waals surface area contributed by atoms with Gasteiger partial charge in [0.05, 0.1) is 4.88 Å². The Hall–Kier alpha value is -2.92. The maximum absolute atomic E-state index is 11.9. The summed E-state index contributed by atoms with van der Waals surface area (Å²) in [4.78, 5) is 17.0. The molecule has 112 valence electrons. The lowest BCUT2D eigenvalue weighted by Crippen LogP contribution is -2.03. The van der Waals surface area contributed by atoms with Crippen LogP contribution < -0.4 is 0 Å². The first kappa shape index (κ1) is 13.7. The molecule has 5 heteroatoms. The number of hydrogen-bond donors (Lipinski definition) is 0. The topological polar surface area (TPSA) is 51.8 Å². The van der Waals surface area contributed by atoms with Crippen molar-refractivity contribution in [2.24, 2.45) is 4.99 Å². The van der Waals surface area contributed by atoms with Gasteiger partial charge in [0.2, 0.25) is 5.90 Å². The average Bonchev–Trinajstić information content (AvgIpc) is 3.31. The molecule has 0 radical (unpaired) electrons. The smallest absolute Gasteiger partial charge is 0.363 e. The third-order valence-corrected chi connectivity index (χ3v) is 4.17. The number of carbonyl (C=O) groups is 1. The van der Waals surface area contributed by atoms with Crippen molar-refractivity contribution >= 4 is 29.3 Å². The summed E-state index contributed by atoms with van der Waals surface area (Å²) in [6.45, 7) is 0. The SMILES string of the molecule is O=C1OC(c2cccs2)=NC1=Cc1ccc(-c2ccccc2)o1. The number of benzene rings is 1. The predicted molar refractivity (Wildman–Crippen MR) is 89.1 cm³/mol. The van der Waals surface area contributed by atoms with E-state index in [1.807, 2.05) is 53.9 Å². The summed E-state index contributed by atoms with van der Waals surface area (Å²) < 4.78 is 10.9. The van der Waals surface area contributed by atoms with Gasteiger partial charge in [-0.25, -0.2) is 9.79 Å². The van der Waals surface area contributed by atoms with Crippen molar-refractivity contribution in [3.8, 4) is 11.3 Å². The number of rotatable bonds is 3. The fraction of sp³-hybridized carbons (Fsp3) is 0. The second-order valence-corrected chi connectivity index (χ2v) is 5.83. The molecule has 0 fully saturated rings. The maximum Gasteiger partial charge on any atom is 0.363 e. The van der Waals surface area contributed by atoms with Gasteiger partial charge in [0.15, 0.2) is 5.70 Å². The van der Waals surface area contributed by atoms with Crippen LogP contribution in [0.15, 0.2) is 75.1 Å². The van der Waals surface area contributed by atoms with Crippen molar-refractivity contribution in [1.82, 2.24) is 0 Å². The molecule has 3 heterocycles. The van der Waals surface area contributed by atoms with Crippen LogP contribution in [0.4, 0.5) is 0 Å². The van der Waals surface area contributed by atoms with Crippen molar-refractivity contribution in [1.29, 1.82) is 0 Å². The lowest BCUT2D eigenvalue weighted by atomic mass is 10.2. The summed E-state index contributed by atoms with van der Waals surface area (Å²) >= 11 is 1.47. The molecule has 3 aromatic rings. The van der Waals surface area contributed by atoms with Crippen molar-refractivity contribution in [3.63, 3.8) is 0 Å². The van der Waals surface area contributed by atoms with Gasteiger partial charge in [0.1, 0.15) is 11.5 Å². The standard InChI is InChI=1S/C18H11NO3S/c20-18-14(19-17(22-18)16-7-4-10-23-16)11-13-8-9-15(21-13)12-5-2-1-3-6-12/h1-11H. The lowest BCUT2D eigenvalue weighted by molar-refractivity contribution is -0.129. The molecular weight excluding hydrogens is 310 g/mol. The van der Waals surface area contributed by atoms with Gasteiger partial charge in [-0.2, -0.15) is 0 Å². The van der Waals surface area contributed by atoms with Crippen molar-refractivity contribution < 1.29 is 13.9 Å². The number of cyclic esters (lactones) is 1. The van der Waals surface area contributed by atoms with Crippen LogP contribution in [0.5, 0.6) is 0 Å². The molecule has 1 aliphatic rings. The van der Waals surface area contributed by atoms with E-state index in [1.54, 1.807) is 12.1 Å². The van der Waals surface area contributed by atoms with E-state index in [2.05, 4.69) is 4.99 Å². The van der Waals surface area contributed by atoms with Gasteiger partial charge in [-0.1, -0.05) is 36.4 Å². The van der Waals surface area contributed by atoms with E-state index in [9.17, 15) is 4.79 Å². The van der Waals surface area contributed by atoms with E-state index in [0.717, 1.165) is 16.2 Å². The number of ether oxygens (including phenoxy) is 1. The highest BCUT2D eigenvalue weighted by atomic mass is 32.1. The van der Waals surface area contributed by atoms with Crippen molar-refractivity contribution in [2.75, 3.05) is 0 Å². The Morgan fingerprint density at radius 1 is 1.00 bits per heavy atom. The summed E-state index contributed by atoms with van der Waals surface area (Å²) in [5, 5.41) is 1.91. The van der Waals surface area contributed by atoms with Crippen LogP contribution in [0, 0.1) is 0 Å². The lowest BCUT2D eigenvalue weighted by Gasteiger charge is -1.94. The van der Waals surface area contributed by atoms with E-state index in [4.69, 9.17) is 9.15 Å². The van der Waals surface area contributed by atoms with Crippen LogP contribution in [0.2, 0.25) is 0 Å². The van der Waals surface area contributed by atoms with Crippen LogP contribution in [-0.2, 0) is 9.53 Å². The number of furan rings is 1. The molecule has 0 spiro atoms. The average molecular weight is 321 g/mol. The molecular formula is C18H11NO3S. The highest BCUT2D eigenvalue weighted by molar-refractivity contribution is 7.12. The van der Waals surface area contributed by atoms with Crippen LogP contribution in [0.3, 0.4) is 0 Å². The molecule has 0 saturated heterocycles. The molecule has 4 nitrogen and oxygen atoms in total. The Kier molecular flexibility index (Phi) is 3.40. The first-order valence-corrected chi connectivity index (χ1v) is 7.89. The zero-order valence-electron chi connectivity index (χ0n) is 11.9. The molecule has 1 aliphatic heterocycles. The second kappa shape index (κ2) is 5.70. The van der Waals surface area contributed by atoms with Gasteiger partial charge in [0, 0.05) is 11.6 Å². The minimum atomic E-state index is -0.467. The maximum atomic E-state index is 11.9. The highest BCUT2D eigenvalue weighted by Gasteiger charge is 2.25. The monoisotopic (exact) mass is 321 g/mol. The molecule has 2 aromatic heterocycles. The number of hydrogen-bond acceptors (Lipinski definition) is 5.